The van der Waals surface area contributed by atoms with E-state index in [-0.39, 0.29) is 11.3 Å². The molecule has 0 atom stereocenters. The Bertz CT molecular complexity index is 642. The van der Waals surface area contributed by atoms with Crippen LogP contribution in [0.25, 0.3) is 0 Å². The van der Waals surface area contributed by atoms with Gasteiger partial charge in [-0.25, -0.2) is 4.79 Å². The molecule has 0 aromatic carbocycles. The molecule has 0 spiro atoms. The lowest BCUT2D eigenvalue weighted by Crippen LogP contribution is -2.22. The number of rotatable bonds is 5. The van der Waals surface area contributed by atoms with E-state index < -0.39 is 11.9 Å². The van der Waals surface area contributed by atoms with E-state index in [0.717, 1.165) is 23.9 Å². The number of aromatic nitrogens is 2. The van der Waals surface area contributed by atoms with E-state index in [4.69, 9.17) is 9.52 Å². The summed E-state index contributed by atoms with van der Waals surface area (Å²) in [6, 6.07) is 1.20. The van der Waals surface area contributed by atoms with Gasteiger partial charge in [0.25, 0.3) is 5.91 Å². The van der Waals surface area contributed by atoms with Crippen molar-refractivity contribution in [2.75, 3.05) is 0 Å². The van der Waals surface area contributed by atoms with Gasteiger partial charge in [0.15, 0.2) is 5.76 Å². The van der Waals surface area contributed by atoms with Gasteiger partial charge in [0, 0.05) is 31.4 Å². The van der Waals surface area contributed by atoms with Crippen LogP contribution in [0, 0.1) is 0 Å². The lowest BCUT2D eigenvalue weighted by molar-refractivity contribution is 0.0696. The monoisotopic (exact) mass is 277 g/mol. The summed E-state index contributed by atoms with van der Waals surface area (Å²) in [5.41, 5.74) is 1.79. The largest absolute Gasteiger partial charge is 0.478 e. The van der Waals surface area contributed by atoms with Gasteiger partial charge in [-0.1, -0.05) is 6.92 Å². The normalized spacial score (nSPS) is 10.5. The van der Waals surface area contributed by atoms with Gasteiger partial charge in [-0.2, -0.15) is 5.10 Å². The summed E-state index contributed by atoms with van der Waals surface area (Å²) in [4.78, 5) is 22.5. The summed E-state index contributed by atoms with van der Waals surface area (Å²) in [6.45, 7) is 2.30. The zero-order valence-electron chi connectivity index (χ0n) is 11.2. The highest BCUT2D eigenvalue weighted by atomic mass is 16.4. The van der Waals surface area contributed by atoms with Crippen LogP contribution in [-0.4, -0.2) is 26.8 Å². The van der Waals surface area contributed by atoms with Gasteiger partial charge >= 0.3 is 5.97 Å². The molecule has 7 heteroatoms. The smallest absolute Gasteiger partial charge is 0.338 e. The molecular weight excluding hydrogens is 262 g/mol. The number of aromatic carboxylic acids is 1. The molecule has 0 radical (unpaired) electrons. The highest BCUT2D eigenvalue weighted by Gasteiger charge is 2.15. The average molecular weight is 277 g/mol. The molecule has 0 saturated heterocycles. The fraction of sp³-hybridized carbons (Fsp3) is 0.308. The number of hydrogen-bond donors (Lipinski definition) is 2. The number of amides is 1. The van der Waals surface area contributed by atoms with Crippen LogP contribution in [0.5, 0.6) is 0 Å². The van der Waals surface area contributed by atoms with Crippen molar-refractivity contribution in [1.82, 2.24) is 15.1 Å². The summed E-state index contributed by atoms with van der Waals surface area (Å²) in [5.74, 6) is -1.61. The van der Waals surface area contributed by atoms with Crippen molar-refractivity contribution in [3.8, 4) is 0 Å². The standard InChI is InChI=1S/C13H15N3O4/c1-3-10-9(6-16(2)15-10)5-14-12(17)11-4-8(7-20-11)13(18)19/h4,6-7H,3,5H2,1-2H3,(H,14,17)(H,18,19). The summed E-state index contributed by atoms with van der Waals surface area (Å²) in [5, 5.41) is 15.7. The first-order valence-corrected chi connectivity index (χ1v) is 6.12. The van der Waals surface area contributed by atoms with Crippen LogP contribution >= 0.6 is 0 Å². The third kappa shape index (κ3) is 2.87. The van der Waals surface area contributed by atoms with E-state index in [1.165, 1.54) is 6.07 Å². The van der Waals surface area contributed by atoms with E-state index in [9.17, 15) is 9.59 Å². The molecule has 7 nitrogen and oxygen atoms in total. The Hall–Kier alpha value is -2.57. The first-order valence-electron chi connectivity index (χ1n) is 6.12. The first kappa shape index (κ1) is 13.9. The number of hydrogen-bond acceptors (Lipinski definition) is 4. The molecule has 2 heterocycles. The number of nitrogens with zero attached hydrogens (tertiary/aromatic N) is 2. The zero-order chi connectivity index (χ0) is 14.7. The van der Waals surface area contributed by atoms with Gasteiger partial charge in [-0.05, 0) is 6.42 Å². The fourth-order valence-corrected chi connectivity index (χ4v) is 1.86. The maximum absolute atomic E-state index is 11.8. The number of nitrogens with one attached hydrogen (secondary N) is 1. The number of carboxylic acid groups (broad SMARTS) is 1. The molecule has 0 fully saturated rings. The van der Waals surface area contributed by atoms with Gasteiger partial charge in [0.1, 0.15) is 6.26 Å². The summed E-state index contributed by atoms with van der Waals surface area (Å²) < 4.78 is 6.61. The molecule has 0 aliphatic rings. The van der Waals surface area contributed by atoms with Gasteiger partial charge in [-0.3, -0.25) is 9.48 Å². The molecule has 0 bridgehead atoms. The lowest BCUT2D eigenvalue weighted by Gasteiger charge is -2.02. The Labute approximate surface area is 115 Å². The highest BCUT2D eigenvalue weighted by Crippen LogP contribution is 2.10. The van der Waals surface area contributed by atoms with Gasteiger partial charge in [0.05, 0.1) is 11.3 Å². The zero-order valence-corrected chi connectivity index (χ0v) is 11.2. The van der Waals surface area contributed by atoms with Crippen molar-refractivity contribution in [2.24, 2.45) is 7.05 Å². The maximum atomic E-state index is 11.8. The summed E-state index contributed by atoms with van der Waals surface area (Å²) in [6.07, 6.45) is 3.65. The fourth-order valence-electron chi connectivity index (χ4n) is 1.86. The first-order chi connectivity index (χ1) is 9.51. The molecule has 0 unspecified atom stereocenters. The number of furan rings is 1. The van der Waals surface area contributed by atoms with Crippen molar-refractivity contribution >= 4 is 11.9 Å². The van der Waals surface area contributed by atoms with Crippen molar-refractivity contribution in [3.05, 3.63) is 41.1 Å². The van der Waals surface area contributed by atoms with Crippen LogP contribution in [0.15, 0.2) is 22.9 Å². The topological polar surface area (TPSA) is 97.4 Å². The van der Waals surface area contributed by atoms with Crippen molar-refractivity contribution in [3.63, 3.8) is 0 Å². The van der Waals surface area contributed by atoms with Gasteiger partial charge < -0.3 is 14.8 Å². The SMILES string of the molecule is CCc1nn(C)cc1CNC(=O)c1cc(C(=O)O)co1. The molecule has 0 aliphatic heterocycles. The Morgan fingerprint density at radius 2 is 2.25 bits per heavy atom. The maximum Gasteiger partial charge on any atom is 0.338 e. The third-order valence-electron chi connectivity index (χ3n) is 2.84. The lowest BCUT2D eigenvalue weighted by atomic mass is 10.2. The van der Waals surface area contributed by atoms with Crippen LogP contribution in [0.2, 0.25) is 0 Å². The predicted octanol–water partition coefficient (Wildman–Crippen LogP) is 1.20. The molecule has 1 amide bonds. The van der Waals surface area contributed by atoms with E-state index in [1.54, 1.807) is 4.68 Å². The summed E-state index contributed by atoms with van der Waals surface area (Å²) in [7, 11) is 1.82. The minimum absolute atomic E-state index is 0.0238. The average Bonchev–Trinajstić information content (AvgIpc) is 3.02. The Morgan fingerprint density at radius 1 is 1.50 bits per heavy atom. The van der Waals surface area contributed by atoms with Crippen molar-refractivity contribution in [2.45, 2.75) is 19.9 Å². The van der Waals surface area contributed by atoms with Crippen molar-refractivity contribution < 1.29 is 19.1 Å². The Kier molecular flexibility index (Phi) is 3.88. The van der Waals surface area contributed by atoms with E-state index >= 15 is 0 Å². The van der Waals surface area contributed by atoms with E-state index in [0.29, 0.717) is 6.54 Å². The molecule has 2 rings (SSSR count). The Morgan fingerprint density at radius 3 is 2.85 bits per heavy atom. The highest BCUT2D eigenvalue weighted by molar-refractivity contribution is 5.95. The molecule has 0 aliphatic carbocycles. The van der Waals surface area contributed by atoms with Gasteiger partial charge in [-0.15, -0.1) is 0 Å². The summed E-state index contributed by atoms with van der Waals surface area (Å²) >= 11 is 0. The van der Waals surface area contributed by atoms with Crippen LogP contribution in [0.1, 0.15) is 39.1 Å². The molecule has 2 N–H and O–H groups in total. The number of carbonyl (C=O) groups excluding carboxylic acids is 1. The molecule has 2 aromatic rings. The quantitative estimate of drug-likeness (QED) is 0.856. The minimum Gasteiger partial charge on any atom is -0.478 e. The van der Waals surface area contributed by atoms with Crippen LogP contribution in [-0.2, 0) is 20.0 Å². The van der Waals surface area contributed by atoms with Crippen LogP contribution in [0.3, 0.4) is 0 Å². The van der Waals surface area contributed by atoms with Crippen LogP contribution in [0.4, 0.5) is 0 Å². The second-order valence-corrected chi connectivity index (χ2v) is 4.32. The molecular formula is C13H15N3O4. The van der Waals surface area contributed by atoms with E-state index in [1.807, 2.05) is 20.2 Å². The molecule has 2 aromatic heterocycles. The molecule has 0 saturated carbocycles. The number of carboxylic acids is 1. The van der Waals surface area contributed by atoms with E-state index in [2.05, 4.69) is 10.4 Å². The second-order valence-electron chi connectivity index (χ2n) is 4.32. The van der Waals surface area contributed by atoms with Crippen molar-refractivity contribution in [1.29, 1.82) is 0 Å². The molecule has 106 valence electrons. The Balaban J connectivity index is 2.02. The second kappa shape index (κ2) is 5.60. The molecule has 20 heavy (non-hydrogen) atoms. The third-order valence-corrected chi connectivity index (χ3v) is 2.84. The minimum atomic E-state index is -1.13. The predicted molar refractivity (Wildman–Crippen MR) is 69.4 cm³/mol. The van der Waals surface area contributed by atoms with Gasteiger partial charge in [0.2, 0.25) is 0 Å². The number of aryl methyl sites for hydroxylation is 2. The number of carbonyl (C=O) groups is 2. The van der Waals surface area contributed by atoms with Crippen LogP contribution < -0.4 is 5.32 Å².